The Hall–Kier alpha value is -0.960. The van der Waals surface area contributed by atoms with E-state index in [0.717, 1.165) is 6.42 Å². The minimum Gasteiger partial charge on any atom is -0.0732 e. The van der Waals surface area contributed by atoms with Crippen LogP contribution in [0.2, 0.25) is 0 Å². The first-order valence-electron chi connectivity index (χ1n) is 5.70. The predicted molar refractivity (Wildman–Crippen MR) is 63.0 cm³/mol. The van der Waals surface area contributed by atoms with Gasteiger partial charge in [0.05, 0.1) is 0 Å². The third-order valence-electron chi connectivity index (χ3n) is 2.45. The van der Waals surface area contributed by atoms with E-state index in [4.69, 9.17) is 0 Å². The maximum Gasteiger partial charge on any atom is -0.00159 e. The highest BCUT2D eigenvalue weighted by molar-refractivity contribution is 5.37. The molecule has 0 saturated carbocycles. The van der Waals surface area contributed by atoms with Gasteiger partial charge in [0.1, 0.15) is 0 Å². The quantitative estimate of drug-likeness (QED) is 0.569. The van der Waals surface area contributed by atoms with Crippen LogP contribution in [0.3, 0.4) is 0 Å². The molecule has 1 rings (SSSR count). The van der Waals surface area contributed by atoms with E-state index in [1.807, 2.05) is 0 Å². The second-order valence-corrected chi connectivity index (χ2v) is 3.90. The van der Waals surface area contributed by atoms with Crippen molar-refractivity contribution in [2.45, 2.75) is 52.4 Å². The molecule has 0 N–H and O–H groups in total. The van der Waals surface area contributed by atoms with Crippen LogP contribution < -0.4 is 0 Å². The summed E-state index contributed by atoms with van der Waals surface area (Å²) in [4.78, 5) is 0. The van der Waals surface area contributed by atoms with E-state index in [1.54, 1.807) is 0 Å². The zero-order valence-corrected chi connectivity index (χ0v) is 9.40. The highest BCUT2D eigenvalue weighted by Crippen LogP contribution is 2.16. The van der Waals surface area contributed by atoms with Crippen molar-refractivity contribution in [1.82, 2.24) is 0 Å². The van der Waals surface area contributed by atoms with Gasteiger partial charge in [-0.3, -0.25) is 0 Å². The van der Waals surface area contributed by atoms with Gasteiger partial charge in [-0.2, -0.15) is 0 Å². The molecule has 0 aliphatic heterocycles. The smallest absolute Gasteiger partial charge is 0.00159 e. The summed E-state index contributed by atoms with van der Waals surface area (Å²) in [6.45, 7) is 4.30. The van der Waals surface area contributed by atoms with Gasteiger partial charge in [-0.05, 0) is 50.2 Å². The monoisotopic (exact) mass is 188 g/mol. The molecule has 0 atom stereocenters. The number of hydrogen-bond donors (Lipinski definition) is 0. The lowest BCUT2D eigenvalue weighted by Gasteiger charge is -2.05. The van der Waals surface area contributed by atoms with Crippen molar-refractivity contribution >= 4 is 0 Å². The third-order valence-corrected chi connectivity index (χ3v) is 2.45. The Kier molecular flexibility index (Phi) is 5.15. The third kappa shape index (κ3) is 4.33. The molecular formula is C14H20. The van der Waals surface area contributed by atoms with Gasteiger partial charge in [0.15, 0.2) is 0 Å². The van der Waals surface area contributed by atoms with Gasteiger partial charge >= 0.3 is 0 Å². The number of rotatable bonds is 2. The first kappa shape index (κ1) is 11.1. The van der Waals surface area contributed by atoms with Crippen LogP contribution in [-0.2, 0) is 0 Å². The van der Waals surface area contributed by atoms with Crippen LogP contribution in [-0.4, -0.2) is 0 Å². The fourth-order valence-electron chi connectivity index (χ4n) is 1.54. The molecule has 0 saturated heterocycles. The molecule has 0 aromatic rings. The largest absolute Gasteiger partial charge is 0.0732 e. The maximum atomic E-state index is 3.27. The van der Waals surface area contributed by atoms with E-state index in [0.29, 0.717) is 0 Å². The summed E-state index contributed by atoms with van der Waals surface area (Å²) in [7, 11) is 0. The summed E-state index contributed by atoms with van der Waals surface area (Å²) >= 11 is 0. The van der Waals surface area contributed by atoms with Gasteiger partial charge in [0.2, 0.25) is 0 Å². The lowest BCUT2D eigenvalue weighted by Crippen LogP contribution is -1.88. The van der Waals surface area contributed by atoms with Crippen LogP contribution in [0.1, 0.15) is 52.4 Å². The van der Waals surface area contributed by atoms with Crippen LogP contribution in [0, 0.1) is 11.8 Å². The second kappa shape index (κ2) is 6.49. The molecule has 0 spiro atoms. The summed E-state index contributed by atoms with van der Waals surface area (Å²) in [6.07, 6.45) is 12.0. The topological polar surface area (TPSA) is 0 Å². The van der Waals surface area contributed by atoms with Crippen molar-refractivity contribution in [1.29, 1.82) is 0 Å². The van der Waals surface area contributed by atoms with Crippen molar-refractivity contribution in [3.8, 4) is 11.8 Å². The van der Waals surface area contributed by atoms with E-state index in [-0.39, 0.29) is 0 Å². The molecule has 0 unspecified atom stereocenters. The van der Waals surface area contributed by atoms with Gasteiger partial charge in [-0.1, -0.05) is 37.3 Å². The van der Waals surface area contributed by atoms with Crippen LogP contribution in [0.25, 0.3) is 0 Å². The molecule has 14 heavy (non-hydrogen) atoms. The molecule has 0 amide bonds. The van der Waals surface area contributed by atoms with Crippen molar-refractivity contribution in [2.75, 3.05) is 0 Å². The average molecular weight is 188 g/mol. The number of allylic oxidation sites excluding steroid dienone is 4. The van der Waals surface area contributed by atoms with Crippen LogP contribution >= 0.6 is 0 Å². The average Bonchev–Trinajstić information content (AvgIpc) is 2.25. The Morgan fingerprint density at radius 1 is 1.50 bits per heavy atom. The molecule has 0 radical (unpaired) electrons. The van der Waals surface area contributed by atoms with Crippen molar-refractivity contribution < 1.29 is 0 Å². The van der Waals surface area contributed by atoms with Crippen molar-refractivity contribution in [2.24, 2.45) is 0 Å². The second-order valence-electron chi connectivity index (χ2n) is 3.90. The van der Waals surface area contributed by atoms with Gasteiger partial charge < -0.3 is 0 Å². The molecule has 0 aromatic carbocycles. The van der Waals surface area contributed by atoms with Crippen molar-refractivity contribution in [3.63, 3.8) is 0 Å². The van der Waals surface area contributed by atoms with Crippen LogP contribution in [0.15, 0.2) is 23.3 Å². The van der Waals surface area contributed by atoms with Gasteiger partial charge in [0.25, 0.3) is 0 Å². The molecule has 1 aliphatic carbocycles. The highest BCUT2D eigenvalue weighted by Gasteiger charge is 1.99. The number of hydrogen-bond acceptors (Lipinski definition) is 0. The summed E-state index contributed by atoms with van der Waals surface area (Å²) < 4.78 is 0. The van der Waals surface area contributed by atoms with E-state index in [1.165, 1.54) is 43.3 Å². The standard InChI is InChI=1S/C14H20/c1-3-4-8-13(2)11-12-14-9-6-5-7-10-14/h8-9H,3-7,10H2,1-2H3. The Morgan fingerprint density at radius 3 is 3.00 bits per heavy atom. The van der Waals surface area contributed by atoms with E-state index >= 15 is 0 Å². The summed E-state index contributed by atoms with van der Waals surface area (Å²) in [6, 6.07) is 0. The fourth-order valence-corrected chi connectivity index (χ4v) is 1.54. The lowest BCUT2D eigenvalue weighted by molar-refractivity contribution is 0.715. The Morgan fingerprint density at radius 2 is 2.36 bits per heavy atom. The fraction of sp³-hybridized carbons (Fsp3) is 0.571. The molecule has 0 fully saturated rings. The minimum absolute atomic E-state index is 1.15. The van der Waals surface area contributed by atoms with Gasteiger partial charge in [0, 0.05) is 0 Å². The maximum absolute atomic E-state index is 3.27. The van der Waals surface area contributed by atoms with Gasteiger partial charge in [-0.15, -0.1) is 0 Å². The normalized spacial score (nSPS) is 17.0. The lowest BCUT2D eigenvalue weighted by atomic mass is 10.00. The first-order chi connectivity index (χ1) is 6.83. The Balaban J connectivity index is 2.49. The van der Waals surface area contributed by atoms with E-state index in [9.17, 15) is 0 Å². The van der Waals surface area contributed by atoms with Crippen LogP contribution in [0.4, 0.5) is 0 Å². The molecule has 0 bridgehead atoms. The summed E-state index contributed by atoms with van der Waals surface area (Å²) in [5, 5.41) is 0. The molecule has 0 heterocycles. The van der Waals surface area contributed by atoms with E-state index in [2.05, 4.69) is 37.8 Å². The SMILES string of the molecule is CCCC=C(C)C#CC1=CCCCC1. The molecule has 76 valence electrons. The van der Waals surface area contributed by atoms with Crippen LogP contribution in [0.5, 0.6) is 0 Å². The summed E-state index contributed by atoms with van der Waals surface area (Å²) in [5.41, 5.74) is 2.57. The zero-order valence-electron chi connectivity index (χ0n) is 9.40. The summed E-state index contributed by atoms with van der Waals surface area (Å²) in [5.74, 6) is 6.50. The predicted octanol–water partition coefficient (Wildman–Crippen LogP) is 4.24. The minimum atomic E-state index is 1.15. The molecule has 0 nitrogen and oxygen atoms in total. The first-order valence-corrected chi connectivity index (χ1v) is 5.70. The molecular weight excluding hydrogens is 168 g/mol. The Labute approximate surface area is 88.1 Å². The number of unbranched alkanes of at least 4 members (excludes halogenated alkanes) is 1. The molecule has 1 aliphatic rings. The Bertz CT molecular complexity index is 281. The van der Waals surface area contributed by atoms with Crippen molar-refractivity contribution in [3.05, 3.63) is 23.3 Å². The zero-order chi connectivity index (χ0) is 10.2. The highest BCUT2D eigenvalue weighted by atomic mass is 14.0. The molecule has 0 aromatic heterocycles. The van der Waals surface area contributed by atoms with E-state index < -0.39 is 0 Å². The van der Waals surface area contributed by atoms with Gasteiger partial charge in [-0.25, -0.2) is 0 Å². The molecule has 0 heteroatoms.